The number of benzene rings is 8. The smallest absolute Gasteiger partial charge is 0.311 e. The number of esters is 7. The Kier molecular flexibility index (Phi) is 28.6. The highest BCUT2D eigenvalue weighted by Crippen LogP contribution is 2.46. The van der Waals surface area contributed by atoms with Crippen LogP contribution in [0.3, 0.4) is 0 Å². The first-order valence-corrected chi connectivity index (χ1v) is 31.9. The lowest BCUT2D eigenvalue weighted by atomic mass is 9.95. The van der Waals surface area contributed by atoms with Gasteiger partial charge in [0.2, 0.25) is 0 Å². The average Bonchev–Trinajstić information content (AvgIpc) is 0.792. The maximum absolute atomic E-state index is 13.3. The van der Waals surface area contributed by atoms with Crippen LogP contribution in [0.4, 0.5) is 0 Å². The summed E-state index contributed by atoms with van der Waals surface area (Å²) in [5.74, 6) is -1.42. The van der Waals surface area contributed by atoms with E-state index < -0.39 is 41.8 Å². The summed E-state index contributed by atoms with van der Waals surface area (Å²) in [5, 5.41) is 24.6. The number of carbonyl (C=O) groups is 8. The molecule has 0 spiro atoms. The molecule has 0 radical (unpaired) electrons. The number of aliphatic carboxylic acids is 1. The van der Waals surface area contributed by atoms with E-state index in [4.69, 9.17) is 38.3 Å². The Hall–Kier alpha value is -10.7. The fourth-order valence-corrected chi connectivity index (χ4v) is 10.8. The van der Waals surface area contributed by atoms with Crippen molar-refractivity contribution in [1.29, 1.82) is 0 Å². The molecule has 0 aliphatic heterocycles. The van der Waals surface area contributed by atoms with Crippen molar-refractivity contribution < 1.29 is 81.7 Å². The van der Waals surface area contributed by atoms with Crippen molar-refractivity contribution in [2.24, 2.45) is 0 Å². The number of rotatable bonds is 21. The molecule has 8 rings (SSSR count). The summed E-state index contributed by atoms with van der Waals surface area (Å²) >= 11 is 0. The predicted octanol–water partition coefficient (Wildman–Crippen LogP) is 18.0. The van der Waals surface area contributed by atoms with Crippen LogP contribution in [0.1, 0.15) is 161 Å². The Labute approximate surface area is 573 Å². The molecule has 17 nitrogen and oxygen atoms in total. The normalized spacial score (nSPS) is 10.5. The molecule has 0 saturated carbocycles. The van der Waals surface area contributed by atoms with Crippen molar-refractivity contribution in [2.45, 2.75) is 170 Å². The molecule has 0 amide bonds. The summed E-state index contributed by atoms with van der Waals surface area (Å²) in [5.41, 5.74) is 10.2. The highest BCUT2D eigenvalue weighted by Gasteiger charge is 2.27. The largest absolute Gasteiger partial charge is 0.507 e. The minimum Gasteiger partial charge on any atom is -0.507 e. The molecule has 0 aliphatic carbocycles. The average molecular weight is 1340 g/mol. The summed E-state index contributed by atoms with van der Waals surface area (Å²) in [4.78, 5) is 96.6. The molecule has 0 bridgehead atoms. The number of phenolic OH excluding ortho intramolecular Hbond substituents is 1. The third kappa shape index (κ3) is 20.7. The first kappa shape index (κ1) is 78.0. The molecule has 516 valence electrons. The van der Waals surface area contributed by atoms with Crippen LogP contribution in [0.2, 0.25) is 0 Å². The van der Waals surface area contributed by atoms with Gasteiger partial charge in [-0.2, -0.15) is 0 Å². The van der Waals surface area contributed by atoms with E-state index in [2.05, 4.69) is 0 Å². The Bertz CT molecular complexity index is 4360. The quantitative estimate of drug-likeness (QED) is 0.0386. The van der Waals surface area contributed by atoms with Crippen molar-refractivity contribution in [1.82, 2.24) is 0 Å². The molecule has 0 saturated heterocycles. The van der Waals surface area contributed by atoms with Crippen LogP contribution < -0.4 is 33.2 Å². The molecule has 0 aromatic heterocycles. The van der Waals surface area contributed by atoms with Crippen molar-refractivity contribution in [3.63, 3.8) is 0 Å². The molecule has 2 N–H and O–H groups in total. The zero-order chi connectivity index (χ0) is 71.5. The number of hydrogen-bond donors (Lipinski definition) is 2. The number of allylic oxidation sites excluding steroid dienone is 8. The zero-order valence-corrected chi connectivity index (χ0v) is 58.2. The molecule has 8 aromatic rings. The number of aromatic hydroxyl groups is 1. The van der Waals surface area contributed by atoms with E-state index in [1.54, 1.807) is 24.3 Å². The first-order valence-electron chi connectivity index (χ1n) is 31.9. The highest BCUT2D eigenvalue weighted by atomic mass is 16.6. The fourth-order valence-electron chi connectivity index (χ4n) is 10.8. The minimum atomic E-state index is -1.06. The van der Waals surface area contributed by atoms with E-state index in [1.807, 2.05) is 180 Å². The number of carboxylic acids is 1. The number of ether oxygens (including phenoxy) is 7. The molecule has 17 heteroatoms. The van der Waals surface area contributed by atoms with Crippen molar-refractivity contribution in [3.05, 3.63) is 188 Å². The van der Waals surface area contributed by atoms with Gasteiger partial charge >= 0.3 is 47.8 Å². The Morgan fingerprint density at radius 2 is 0.510 bits per heavy atom. The molecular weight excluding hydrogens is 1240 g/mol. The van der Waals surface area contributed by atoms with E-state index in [0.717, 1.165) is 38.8 Å². The lowest BCUT2D eigenvalue weighted by Crippen LogP contribution is -2.16. The molecule has 0 unspecified atom stereocenters. The standard InChI is InChI=1S/C40H42O8.C22H24O6.C18H20O3.CH4/c1-23(2)17-19-29-25(5)37(45-27(7)41)31-13-9-11-15-33(31)39(29)47-35(43)21-22-36(44)48-40-30(20-18-24(3)4)26(6)38(46-28(8)42)32-14-10-12-16-34(32)40;1-13(2)9-10-16-14(3)21(27-15(4)23)17-7-5-6-8-18(17)22(16)28-20(26)12-11-19(24)25;1-11(2)9-10-14-12(3)18(21-13(4)19)16-8-6-5-7-15(16)17(14)20;/h9-18H,19-22H2,1-8H3;5-9H,10-12H2,1-4H3,(H,24,25);5-9,20H,10H2,1-4H3;1H4. The van der Waals surface area contributed by atoms with Gasteiger partial charge in [0.15, 0.2) is 0 Å². The van der Waals surface area contributed by atoms with Crippen LogP contribution >= 0.6 is 0 Å². The summed E-state index contributed by atoms with van der Waals surface area (Å²) in [6.07, 6.45) is 9.05. The Balaban J connectivity index is 0.000000292. The number of hydrogen-bond acceptors (Lipinski definition) is 16. The second-order valence-electron chi connectivity index (χ2n) is 24.4. The van der Waals surface area contributed by atoms with Gasteiger partial charge in [-0.15, -0.1) is 0 Å². The van der Waals surface area contributed by atoms with E-state index in [-0.39, 0.29) is 44.8 Å². The molecule has 0 atom stereocenters. The Morgan fingerprint density at radius 1 is 0.306 bits per heavy atom. The van der Waals surface area contributed by atoms with E-state index >= 15 is 0 Å². The second kappa shape index (κ2) is 35.9. The van der Waals surface area contributed by atoms with Gasteiger partial charge in [-0.3, -0.25) is 38.4 Å². The summed E-state index contributed by atoms with van der Waals surface area (Å²) in [7, 11) is 0. The van der Waals surface area contributed by atoms with Crippen molar-refractivity contribution in [2.75, 3.05) is 0 Å². The fraction of sp³-hybridized carbons (Fsp3) is 0.309. The van der Waals surface area contributed by atoms with Gasteiger partial charge in [-0.05, 0) is 131 Å². The van der Waals surface area contributed by atoms with Gasteiger partial charge < -0.3 is 43.4 Å². The third-order valence-electron chi connectivity index (χ3n) is 15.5. The van der Waals surface area contributed by atoms with Gasteiger partial charge in [0.25, 0.3) is 0 Å². The molecule has 0 heterocycles. The van der Waals surface area contributed by atoms with Gasteiger partial charge in [-0.25, -0.2) is 0 Å². The van der Waals surface area contributed by atoms with E-state index in [9.17, 15) is 43.5 Å². The van der Waals surface area contributed by atoms with Gasteiger partial charge in [0, 0.05) is 93.0 Å². The van der Waals surface area contributed by atoms with E-state index in [0.29, 0.717) is 131 Å². The molecular formula is C81H90O17. The number of carbonyl (C=O) groups excluding carboxylic acids is 7. The topological polar surface area (TPSA) is 242 Å². The number of phenols is 1. The molecule has 0 fully saturated rings. The molecule has 98 heavy (non-hydrogen) atoms. The molecule has 8 aromatic carbocycles. The maximum Gasteiger partial charge on any atom is 0.311 e. The van der Waals surface area contributed by atoms with Gasteiger partial charge in [0.05, 0.1) is 25.7 Å². The number of fused-ring (bicyclic) bond motifs is 4. The Morgan fingerprint density at radius 3 is 0.745 bits per heavy atom. The lowest BCUT2D eigenvalue weighted by Gasteiger charge is -2.20. The lowest BCUT2D eigenvalue weighted by molar-refractivity contribution is -0.142. The molecule has 0 aliphatic rings. The summed E-state index contributed by atoms with van der Waals surface area (Å²) in [6, 6.07) is 29.1. The highest BCUT2D eigenvalue weighted by molar-refractivity contribution is 6.02. The van der Waals surface area contributed by atoms with Crippen molar-refractivity contribution >= 4 is 90.8 Å². The monoisotopic (exact) mass is 1330 g/mol. The van der Waals surface area contributed by atoms with E-state index in [1.165, 1.54) is 33.3 Å². The van der Waals surface area contributed by atoms with Gasteiger partial charge in [0.1, 0.15) is 46.0 Å². The van der Waals surface area contributed by atoms with Crippen molar-refractivity contribution in [3.8, 4) is 46.0 Å². The van der Waals surface area contributed by atoms with Crippen LogP contribution in [0.25, 0.3) is 43.1 Å². The second-order valence-corrected chi connectivity index (χ2v) is 24.4. The predicted molar refractivity (Wildman–Crippen MR) is 384 cm³/mol. The zero-order valence-electron chi connectivity index (χ0n) is 58.2. The minimum absolute atomic E-state index is 0. The van der Waals surface area contributed by atoms with Crippen LogP contribution in [0.5, 0.6) is 46.0 Å². The first-order chi connectivity index (χ1) is 45.9. The van der Waals surface area contributed by atoms with Crippen LogP contribution in [0, 0.1) is 27.7 Å². The third-order valence-corrected chi connectivity index (χ3v) is 15.5. The SMILES string of the molecule is C.CC(=O)Oc1c(C)c(CC=C(C)C)c(O)c2ccccc12.CC(=O)Oc1c(C)c(CC=C(C)C)c(OC(=O)CCC(=O)O)c2ccccc12.CC(=O)Oc1c(C)c(CC=C(C)C)c(OC(=O)CCC(=O)Oc2c(CC=C(C)C)c(C)c(OC(C)=O)c3ccccc23)c2ccccc12. The summed E-state index contributed by atoms with van der Waals surface area (Å²) in [6.45, 7) is 28.6. The maximum atomic E-state index is 13.3. The van der Waals surface area contributed by atoms with Gasteiger partial charge in [-0.1, -0.05) is 151 Å². The van der Waals surface area contributed by atoms with Crippen LogP contribution in [-0.4, -0.2) is 58.0 Å². The van der Waals surface area contributed by atoms with Crippen LogP contribution in [-0.2, 0) is 64.0 Å². The summed E-state index contributed by atoms with van der Waals surface area (Å²) < 4.78 is 39.7. The number of carboxylic acid groups (broad SMARTS) is 1. The van der Waals surface area contributed by atoms with Crippen LogP contribution in [0.15, 0.2) is 144 Å².